The molecule has 0 spiro atoms. The molecule has 0 amide bonds. The first-order chi connectivity index (χ1) is 13.2. The van der Waals surface area contributed by atoms with Crippen LogP contribution in [0.5, 0.6) is 5.75 Å². The molecule has 148 valence electrons. The maximum atomic E-state index is 11.9. The Labute approximate surface area is 161 Å². The molecule has 0 atom stereocenters. The van der Waals surface area contributed by atoms with Gasteiger partial charge < -0.3 is 19.7 Å². The summed E-state index contributed by atoms with van der Waals surface area (Å²) in [5.41, 5.74) is 1.15. The zero-order valence-electron chi connectivity index (χ0n) is 16.4. The summed E-state index contributed by atoms with van der Waals surface area (Å²) >= 11 is 0. The third-order valence-corrected chi connectivity index (χ3v) is 5.38. The van der Waals surface area contributed by atoms with Crippen LogP contribution in [0.1, 0.15) is 44.6 Å². The van der Waals surface area contributed by atoms with Gasteiger partial charge in [0.25, 0.3) is 0 Å². The molecule has 1 N–H and O–H groups in total. The van der Waals surface area contributed by atoms with Crippen LogP contribution in [-0.2, 0) is 16.1 Å². The number of nitrogens with zero attached hydrogens (tertiary/aromatic N) is 2. The number of esters is 1. The van der Waals surface area contributed by atoms with E-state index in [1.165, 1.54) is 6.42 Å². The van der Waals surface area contributed by atoms with Gasteiger partial charge in [0, 0.05) is 32.2 Å². The summed E-state index contributed by atoms with van der Waals surface area (Å²) in [7, 11) is 1.80. The Hall–Kier alpha value is -2.24. The molecule has 1 saturated carbocycles. The summed E-state index contributed by atoms with van der Waals surface area (Å²) < 4.78 is 11.3. The number of benzene rings is 1. The number of carbonyl (C=O) groups excluding carboxylic acids is 1. The third kappa shape index (κ3) is 5.15. The summed E-state index contributed by atoms with van der Waals surface area (Å²) in [6.07, 6.45) is 5.55. The number of nitrogens with one attached hydrogen (secondary N) is 1. The fourth-order valence-corrected chi connectivity index (χ4v) is 3.53. The molecule has 6 heteroatoms. The van der Waals surface area contributed by atoms with Crippen LogP contribution in [0.3, 0.4) is 0 Å². The number of piperidine rings is 1. The molecule has 1 aromatic carbocycles. The SMILES string of the molecule is CCOC(=O)C1CCN(C(=NC)NCc2ccccc2OC2CCC2)CC1. The first-order valence-electron chi connectivity index (χ1n) is 10.1. The van der Waals surface area contributed by atoms with Gasteiger partial charge in [0.2, 0.25) is 0 Å². The number of hydrogen-bond acceptors (Lipinski definition) is 4. The van der Waals surface area contributed by atoms with Crippen LogP contribution in [-0.4, -0.2) is 49.7 Å². The standard InChI is InChI=1S/C21H31N3O3/c1-3-26-20(25)16-11-13-24(14-12-16)21(22-2)23-15-17-7-4-5-10-19(17)27-18-8-6-9-18/h4-5,7,10,16,18H,3,6,8-9,11-15H2,1-2H3,(H,22,23). The highest BCUT2D eigenvalue weighted by Gasteiger charge is 2.27. The van der Waals surface area contributed by atoms with Crippen molar-refractivity contribution in [1.82, 2.24) is 10.2 Å². The van der Waals surface area contributed by atoms with E-state index in [-0.39, 0.29) is 11.9 Å². The largest absolute Gasteiger partial charge is 0.490 e. The van der Waals surface area contributed by atoms with Crippen LogP contribution in [0.15, 0.2) is 29.3 Å². The minimum absolute atomic E-state index is 0.0101. The van der Waals surface area contributed by atoms with E-state index in [1.807, 2.05) is 25.1 Å². The number of likely N-dealkylation sites (tertiary alicyclic amines) is 1. The van der Waals surface area contributed by atoms with Crippen molar-refractivity contribution >= 4 is 11.9 Å². The van der Waals surface area contributed by atoms with Crippen molar-refractivity contribution in [2.45, 2.75) is 51.7 Å². The lowest BCUT2D eigenvalue weighted by Crippen LogP contribution is -2.46. The minimum Gasteiger partial charge on any atom is -0.490 e. The molecule has 1 saturated heterocycles. The molecule has 1 aromatic rings. The van der Waals surface area contributed by atoms with Crippen molar-refractivity contribution in [3.8, 4) is 5.75 Å². The zero-order valence-corrected chi connectivity index (χ0v) is 16.4. The van der Waals surface area contributed by atoms with Gasteiger partial charge in [-0.05, 0) is 45.1 Å². The van der Waals surface area contributed by atoms with Crippen LogP contribution in [0, 0.1) is 5.92 Å². The first kappa shape index (κ1) is 19.5. The van der Waals surface area contributed by atoms with Crippen molar-refractivity contribution in [1.29, 1.82) is 0 Å². The van der Waals surface area contributed by atoms with Crippen molar-refractivity contribution in [3.05, 3.63) is 29.8 Å². The van der Waals surface area contributed by atoms with Crippen LogP contribution in [0.2, 0.25) is 0 Å². The zero-order chi connectivity index (χ0) is 19.1. The predicted molar refractivity (Wildman–Crippen MR) is 106 cm³/mol. The van der Waals surface area contributed by atoms with E-state index in [0.717, 1.165) is 56.0 Å². The van der Waals surface area contributed by atoms with Gasteiger partial charge >= 0.3 is 5.97 Å². The summed E-state index contributed by atoms with van der Waals surface area (Å²) in [4.78, 5) is 18.5. The van der Waals surface area contributed by atoms with E-state index in [2.05, 4.69) is 21.3 Å². The highest BCUT2D eigenvalue weighted by Crippen LogP contribution is 2.27. The molecule has 1 heterocycles. The van der Waals surface area contributed by atoms with E-state index in [4.69, 9.17) is 9.47 Å². The highest BCUT2D eigenvalue weighted by atomic mass is 16.5. The second kappa shape index (κ2) is 9.62. The lowest BCUT2D eigenvalue weighted by molar-refractivity contribution is -0.149. The number of hydrogen-bond donors (Lipinski definition) is 1. The maximum Gasteiger partial charge on any atom is 0.309 e. The molecule has 0 unspecified atom stereocenters. The predicted octanol–water partition coefficient (Wildman–Crippen LogP) is 2.97. The Morgan fingerprint density at radius 2 is 1.96 bits per heavy atom. The van der Waals surface area contributed by atoms with Gasteiger partial charge in [-0.15, -0.1) is 0 Å². The molecule has 0 aromatic heterocycles. The van der Waals surface area contributed by atoms with E-state index in [0.29, 0.717) is 19.3 Å². The fourth-order valence-electron chi connectivity index (χ4n) is 3.53. The Kier molecular flexibility index (Phi) is 6.96. The lowest BCUT2D eigenvalue weighted by atomic mass is 9.96. The quantitative estimate of drug-likeness (QED) is 0.472. The Balaban J connectivity index is 1.52. The average molecular weight is 373 g/mol. The molecule has 0 bridgehead atoms. The van der Waals surface area contributed by atoms with Crippen molar-refractivity contribution < 1.29 is 14.3 Å². The molecular weight excluding hydrogens is 342 g/mol. The van der Waals surface area contributed by atoms with Gasteiger partial charge in [0.15, 0.2) is 5.96 Å². The number of aliphatic imine (C=N–C) groups is 1. The molecule has 1 aliphatic heterocycles. The lowest BCUT2D eigenvalue weighted by Gasteiger charge is -2.33. The van der Waals surface area contributed by atoms with Gasteiger partial charge in [-0.25, -0.2) is 0 Å². The Bertz CT molecular complexity index is 650. The van der Waals surface area contributed by atoms with E-state index in [1.54, 1.807) is 7.05 Å². The molecule has 2 fully saturated rings. The number of para-hydroxylation sites is 1. The van der Waals surface area contributed by atoms with Gasteiger partial charge in [0.1, 0.15) is 5.75 Å². The molecular formula is C21H31N3O3. The van der Waals surface area contributed by atoms with E-state index >= 15 is 0 Å². The molecule has 6 nitrogen and oxygen atoms in total. The molecule has 2 aliphatic rings. The first-order valence-corrected chi connectivity index (χ1v) is 10.1. The number of rotatable bonds is 6. The number of ether oxygens (including phenoxy) is 2. The Morgan fingerprint density at radius 1 is 1.22 bits per heavy atom. The maximum absolute atomic E-state index is 11.9. The fraction of sp³-hybridized carbons (Fsp3) is 0.619. The molecule has 1 aliphatic carbocycles. The molecule has 0 radical (unpaired) electrons. The summed E-state index contributed by atoms with van der Waals surface area (Å²) in [6.45, 7) is 4.59. The van der Waals surface area contributed by atoms with E-state index < -0.39 is 0 Å². The molecule has 3 rings (SSSR count). The van der Waals surface area contributed by atoms with Crippen LogP contribution in [0.4, 0.5) is 0 Å². The van der Waals surface area contributed by atoms with Crippen LogP contribution >= 0.6 is 0 Å². The average Bonchev–Trinajstić information content (AvgIpc) is 2.67. The Morgan fingerprint density at radius 3 is 2.59 bits per heavy atom. The van der Waals surface area contributed by atoms with Crippen LogP contribution in [0.25, 0.3) is 0 Å². The second-order valence-corrected chi connectivity index (χ2v) is 7.19. The third-order valence-electron chi connectivity index (χ3n) is 5.38. The van der Waals surface area contributed by atoms with Gasteiger partial charge in [-0.2, -0.15) is 0 Å². The van der Waals surface area contributed by atoms with Gasteiger partial charge in [-0.3, -0.25) is 9.79 Å². The normalized spacial score (nSPS) is 18.7. The van der Waals surface area contributed by atoms with Crippen molar-refractivity contribution in [2.75, 3.05) is 26.7 Å². The van der Waals surface area contributed by atoms with Crippen molar-refractivity contribution in [2.24, 2.45) is 10.9 Å². The van der Waals surface area contributed by atoms with Crippen molar-refractivity contribution in [3.63, 3.8) is 0 Å². The summed E-state index contributed by atoms with van der Waals surface area (Å²) in [6, 6.07) is 8.20. The van der Waals surface area contributed by atoms with E-state index in [9.17, 15) is 4.79 Å². The van der Waals surface area contributed by atoms with Gasteiger partial charge in [0.05, 0.1) is 18.6 Å². The summed E-state index contributed by atoms with van der Waals surface area (Å²) in [5.74, 6) is 1.78. The molecule has 27 heavy (non-hydrogen) atoms. The summed E-state index contributed by atoms with van der Waals surface area (Å²) in [5, 5.41) is 3.45. The number of carbonyl (C=O) groups is 1. The van der Waals surface area contributed by atoms with Gasteiger partial charge in [-0.1, -0.05) is 18.2 Å². The monoisotopic (exact) mass is 373 g/mol. The highest BCUT2D eigenvalue weighted by molar-refractivity contribution is 5.80. The number of guanidine groups is 1. The van der Waals surface area contributed by atoms with Crippen LogP contribution < -0.4 is 10.1 Å². The smallest absolute Gasteiger partial charge is 0.309 e. The minimum atomic E-state index is -0.0674. The second-order valence-electron chi connectivity index (χ2n) is 7.19. The topological polar surface area (TPSA) is 63.2 Å².